The van der Waals surface area contributed by atoms with Gasteiger partial charge in [0.1, 0.15) is 0 Å². The molecule has 0 bridgehead atoms. The van der Waals surface area contributed by atoms with Crippen molar-refractivity contribution in [3.05, 3.63) is 88.3 Å². The molecule has 0 aliphatic rings. The Morgan fingerprint density at radius 2 is 1.34 bits per heavy atom. The van der Waals surface area contributed by atoms with Crippen LogP contribution in [0.1, 0.15) is 72.1 Å². The fourth-order valence-electron chi connectivity index (χ4n) is 5.12. The molecule has 4 rings (SSSR count). The van der Waals surface area contributed by atoms with Crippen LogP contribution in [-0.4, -0.2) is 24.5 Å². The van der Waals surface area contributed by atoms with Gasteiger partial charge >= 0.3 is 0 Å². The number of hydrogen-bond donors (Lipinski definition) is 0. The van der Waals surface area contributed by atoms with Gasteiger partial charge in [-0.1, -0.05) is 32.9 Å². The highest BCUT2D eigenvalue weighted by Crippen LogP contribution is 2.30. The Morgan fingerprint density at radius 3 is 1.97 bits per heavy atom. The average molecular weight is 428 g/mol. The van der Waals surface area contributed by atoms with Crippen molar-refractivity contribution in [2.45, 2.75) is 66.7 Å². The van der Waals surface area contributed by atoms with Crippen LogP contribution in [0.2, 0.25) is 0 Å². The second-order valence-electron chi connectivity index (χ2n) is 9.13. The molecule has 0 saturated heterocycles. The van der Waals surface area contributed by atoms with Crippen LogP contribution in [0.5, 0.6) is 0 Å². The summed E-state index contributed by atoms with van der Waals surface area (Å²) in [6, 6.07) is 12.8. The summed E-state index contributed by atoms with van der Waals surface area (Å²) in [7, 11) is 0. The normalized spacial score (nSPS) is 12.5. The van der Waals surface area contributed by atoms with E-state index in [1.165, 1.54) is 28.1 Å². The van der Waals surface area contributed by atoms with E-state index in [1.54, 1.807) is 0 Å². The molecule has 0 aliphatic carbocycles. The van der Waals surface area contributed by atoms with Crippen LogP contribution >= 0.6 is 0 Å². The molecule has 0 saturated carbocycles. The number of aromatic nitrogens is 5. The Morgan fingerprint density at radius 1 is 0.750 bits per heavy atom. The maximum absolute atomic E-state index is 4.84. The Hall–Kier alpha value is -3.21. The smallest absolute Gasteiger partial charge is 0.0679 e. The SMILES string of the molecule is Cc1nn(-c2cccc(CC(C)c3c(C)nn(-c4ccncc4)c3C)c2)c(C)c1C(C)C. The molecule has 1 aromatic carbocycles. The predicted octanol–water partition coefficient (Wildman–Crippen LogP) is 6.16. The van der Waals surface area contributed by atoms with Gasteiger partial charge in [-0.25, -0.2) is 9.36 Å². The molecule has 5 nitrogen and oxygen atoms in total. The fourth-order valence-corrected chi connectivity index (χ4v) is 5.12. The van der Waals surface area contributed by atoms with Gasteiger partial charge in [0.2, 0.25) is 0 Å². The minimum absolute atomic E-state index is 0.354. The first-order chi connectivity index (χ1) is 15.3. The zero-order chi connectivity index (χ0) is 23.0. The number of nitrogens with zero attached hydrogens (tertiary/aromatic N) is 5. The van der Waals surface area contributed by atoms with E-state index in [4.69, 9.17) is 10.2 Å². The lowest BCUT2D eigenvalue weighted by molar-refractivity contribution is 0.742. The van der Waals surface area contributed by atoms with Crippen molar-refractivity contribution in [2.24, 2.45) is 0 Å². The summed E-state index contributed by atoms with van der Waals surface area (Å²) >= 11 is 0. The van der Waals surface area contributed by atoms with Gasteiger partial charge in [0.05, 0.1) is 22.8 Å². The maximum atomic E-state index is 4.84. The van der Waals surface area contributed by atoms with E-state index in [9.17, 15) is 0 Å². The topological polar surface area (TPSA) is 48.5 Å². The van der Waals surface area contributed by atoms with Crippen LogP contribution in [0.15, 0.2) is 48.8 Å². The fraction of sp³-hybridized carbons (Fsp3) is 0.370. The van der Waals surface area contributed by atoms with E-state index in [2.05, 4.69) is 82.4 Å². The molecule has 0 radical (unpaired) electrons. The third-order valence-corrected chi connectivity index (χ3v) is 6.37. The molecule has 1 unspecified atom stereocenters. The first kappa shape index (κ1) is 22.0. The lowest BCUT2D eigenvalue weighted by Crippen LogP contribution is -2.05. The second-order valence-corrected chi connectivity index (χ2v) is 9.13. The molecule has 0 N–H and O–H groups in total. The van der Waals surface area contributed by atoms with Gasteiger partial charge in [-0.2, -0.15) is 10.2 Å². The summed E-state index contributed by atoms with van der Waals surface area (Å²) in [6.45, 7) is 15.3. The van der Waals surface area contributed by atoms with Gasteiger partial charge in [-0.15, -0.1) is 0 Å². The van der Waals surface area contributed by atoms with Crippen LogP contribution in [-0.2, 0) is 6.42 Å². The molecular formula is C27H33N5. The van der Waals surface area contributed by atoms with Crippen molar-refractivity contribution < 1.29 is 0 Å². The molecule has 0 spiro atoms. The molecule has 4 aromatic rings. The summed E-state index contributed by atoms with van der Waals surface area (Å²) in [5.41, 5.74) is 10.8. The zero-order valence-electron chi connectivity index (χ0n) is 20.2. The highest BCUT2D eigenvalue weighted by atomic mass is 15.3. The van der Waals surface area contributed by atoms with E-state index < -0.39 is 0 Å². The lowest BCUT2D eigenvalue weighted by atomic mass is 9.92. The summed E-state index contributed by atoms with van der Waals surface area (Å²) in [5, 5.41) is 9.67. The van der Waals surface area contributed by atoms with Crippen molar-refractivity contribution in [1.29, 1.82) is 0 Å². The van der Waals surface area contributed by atoms with Crippen molar-refractivity contribution in [2.75, 3.05) is 0 Å². The lowest BCUT2D eigenvalue weighted by Gasteiger charge is -2.14. The molecule has 3 heterocycles. The third kappa shape index (κ3) is 3.99. The van der Waals surface area contributed by atoms with E-state index in [0.29, 0.717) is 11.8 Å². The van der Waals surface area contributed by atoms with Crippen molar-refractivity contribution in [3.63, 3.8) is 0 Å². The van der Waals surface area contributed by atoms with Crippen LogP contribution in [0.25, 0.3) is 11.4 Å². The standard InChI is InChI=1S/C27H33N5/c1-17(2)26-19(4)29-32(21(26)6)25-10-8-9-23(16-25)15-18(3)27-20(5)30-31(22(27)7)24-11-13-28-14-12-24/h8-14,16-18H,15H2,1-7H3. The molecule has 0 fully saturated rings. The molecule has 5 heteroatoms. The average Bonchev–Trinajstić information content (AvgIpc) is 3.23. The Labute approximate surface area is 191 Å². The summed E-state index contributed by atoms with van der Waals surface area (Å²) in [5.74, 6) is 0.822. The predicted molar refractivity (Wildman–Crippen MR) is 130 cm³/mol. The second kappa shape index (κ2) is 8.73. The molecule has 166 valence electrons. The monoisotopic (exact) mass is 427 g/mol. The molecule has 3 aromatic heterocycles. The third-order valence-electron chi connectivity index (χ3n) is 6.37. The van der Waals surface area contributed by atoms with E-state index in [-0.39, 0.29) is 0 Å². The van der Waals surface area contributed by atoms with Crippen molar-refractivity contribution in [3.8, 4) is 11.4 Å². The van der Waals surface area contributed by atoms with Crippen molar-refractivity contribution in [1.82, 2.24) is 24.5 Å². The highest BCUT2D eigenvalue weighted by molar-refractivity contribution is 5.42. The molecule has 0 amide bonds. The van der Waals surface area contributed by atoms with E-state index in [0.717, 1.165) is 29.2 Å². The Kier molecular flexibility index (Phi) is 6.00. The first-order valence-electron chi connectivity index (χ1n) is 11.4. The summed E-state index contributed by atoms with van der Waals surface area (Å²) in [4.78, 5) is 4.13. The van der Waals surface area contributed by atoms with Crippen LogP contribution in [0, 0.1) is 27.7 Å². The van der Waals surface area contributed by atoms with Gasteiger partial charge in [0.25, 0.3) is 0 Å². The number of hydrogen-bond acceptors (Lipinski definition) is 3. The number of rotatable bonds is 6. The molecule has 1 atom stereocenters. The van der Waals surface area contributed by atoms with Gasteiger partial charge in [0.15, 0.2) is 0 Å². The molecular weight excluding hydrogens is 394 g/mol. The molecule has 0 aliphatic heterocycles. The van der Waals surface area contributed by atoms with Gasteiger partial charge in [-0.05, 0) is 86.9 Å². The van der Waals surface area contributed by atoms with Crippen molar-refractivity contribution >= 4 is 0 Å². The Balaban J connectivity index is 1.63. The number of aryl methyl sites for hydroxylation is 2. The first-order valence-corrected chi connectivity index (χ1v) is 11.4. The van der Waals surface area contributed by atoms with Gasteiger partial charge in [-0.3, -0.25) is 4.98 Å². The van der Waals surface area contributed by atoms with E-state index >= 15 is 0 Å². The zero-order valence-corrected chi connectivity index (χ0v) is 20.2. The number of pyridine rings is 1. The van der Waals surface area contributed by atoms with E-state index in [1.807, 2.05) is 29.2 Å². The number of benzene rings is 1. The van der Waals surface area contributed by atoms with Crippen LogP contribution < -0.4 is 0 Å². The largest absolute Gasteiger partial charge is 0.265 e. The van der Waals surface area contributed by atoms with Crippen LogP contribution in [0.3, 0.4) is 0 Å². The van der Waals surface area contributed by atoms with Gasteiger partial charge in [0, 0.05) is 23.8 Å². The minimum atomic E-state index is 0.354. The molecule has 32 heavy (non-hydrogen) atoms. The van der Waals surface area contributed by atoms with Gasteiger partial charge < -0.3 is 0 Å². The maximum Gasteiger partial charge on any atom is 0.0679 e. The Bertz CT molecular complexity index is 1230. The minimum Gasteiger partial charge on any atom is -0.265 e. The summed E-state index contributed by atoms with van der Waals surface area (Å²) < 4.78 is 4.12. The van der Waals surface area contributed by atoms with Crippen LogP contribution in [0.4, 0.5) is 0 Å². The highest BCUT2D eigenvalue weighted by Gasteiger charge is 2.20. The quantitative estimate of drug-likeness (QED) is 0.370. The summed E-state index contributed by atoms with van der Waals surface area (Å²) in [6.07, 6.45) is 4.57.